The van der Waals surface area contributed by atoms with Gasteiger partial charge in [-0.3, -0.25) is 0 Å². The van der Waals surface area contributed by atoms with Gasteiger partial charge in [-0.05, 0) is 0 Å². The summed E-state index contributed by atoms with van der Waals surface area (Å²) in [5.41, 5.74) is 0. The fraction of sp³-hybridized carbons (Fsp3) is 0.938. The predicted molar refractivity (Wildman–Crippen MR) is 82.0 cm³/mol. The van der Waals surface area contributed by atoms with Crippen molar-refractivity contribution in [3.05, 3.63) is 0 Å². The second kappa shape index (κ2) is 9.84. The molecule has 1 unspecified atom stereocenters. The lowest BCUT2D eigenvalue weighted by atomic mass is 9.86. The molecule has 0 fully saturated rings. The minimum absolute atomic E-state index is 0.737. The van der Waals surface area contributed by atoms with Gasteiger partial charge in [0.25, 0.3) is 0 Å². The number of carboxylic acid groups (broad SMARTS) is 1. The number of carbonyl (C=O) groups is 1. The fourth-order valence-corrected chi connectivity index (χ4v) is 2.64. The van der Waals surface area contributed by atoms with E-state index in [0.29, 0.717) is 0 Å². The summed E-state index contributed by atoms with van der Waals surface area (Å²) in [5, 5.41) is 10.5. The van der Waals surface area contributed by atoms with E-state index in [1.54, 1.807) is 0 Å². The predicted octanol–water partition coefficient (Wildman–Crippen LogP) is 5.19. The number of hydrogen-bond acceptors (Lipinski definition) is 2. The van der Waals surface area contributed by atoms with Crippen LogP contribution in [0.5, 0.6) is 0 Å². The van der Waals surface area contributed by atoms with Crippen LogP contribution in [-0.2, 0) is 4.79 Å². The summed E-state index contributed by atoms with van der Waals surface area (Å²) in [6, 6.07) is 0. The quantitative estimate of drug-likeness (QED) is 0.208. The number of carbonyl (C=O) groups excluding carboxylic acids is 1. The minimum Gasteiger partial charge on any atom is -0.544 e. The monoisotopic (exact) mass is 631 g/mol. The summed E-state index contributed by atoms with van der Waals surface area (Å²) in [7, 11) is 1.47. The average molecular weight is 631 g/mol. The highest BCUT2D eigenvalue weighted by molar-refractivity contribution is 5.65. The first-order chi connectivity index (χ1) is 16.5. The second-order valence-electron chi connectivity index (χ2n) is 8.59. The molecule has 0 radical (unpaired) electrons. The van der Waals surface area contributed by atoms with Crippen LogP contribution in [0, 0.1) is 0 Å². The van der Waals surface area contributed by atoms with Crippen LogP contribution in [0.1, 0.15) is 6.42 Å². The van der Waals surface area contributed by atoms with Crippen LogP contribution >= 0.6 is 0 Å². The third kappa shape index (κ3) is 5.51. The molecule has 23 heteroatoms. The maximum atomic E-state index is 13.8. The summed E-state index contributed by atoms with van der Waals surface area (Å²) in [6.45, 7) is -2.56. The van der Waals surface area contributed by atoms with Crippen molar-refractivity contribution >= 4 is 5.97 Å². The number of quaternary nitrogens is 1. The molecule has 0 aliphatic carbocycles. The maximum Gasteiger partial charge on any atom is 0.460 e. The Morgan fingerprint density at radius 1 is 0.590 bits per heavy atom. The summed E-state index contributed by atoms with van der Waals surface area (Å²) >= 11 is 0. The van der Waals surface area contributed by atoms with E-state index in [0.717, 1.165) is 14.1 Å². The molecule has 234 valence electrons. The molecule has 1 atom stereocenters. The van der Waals surface area contributed by atoms with Gasteiger partial charge < -0.3 is 14.4 Å². The molecule has 0 aromatic rings. The summed E-state index contributed by atoms with van der Waals surface area (Å²) in [4.78, 5) is 10.5. The molecule has 0 bridgehead atoms. The zero-order valence-electron chi connectivity index (χ0n) is 18.5. The lowest BCUT2D eigenvalue weighted by molar-refractivity contribution is -0.885. The summed E-state index contributed by atoms with van der Waals surface area (Å²) < 4.78 is 264. The van der Waals surface area contributed by atoms with Gasteiger partial charge in [0.15, 0.2) is 6.17 Å². The summed E-state index contributed by atoms with van der Waals surface area (Å²) in [6.07, 6.45) is -15.0. The first-order valence-electron chi connectivity index (χ1n) is 9.29. The van der Waals surface area contributed by atoms with Crippen LogP contribution in [0.3, 0.4) is 0 Å². The largest absolute Gasteiger partial charge is 0.544 e. The molecule has 3 nitrogen and oxygen atoms in total. The number of carboxylic acids is 1. The molecule has 0 aromatic carbocycles. The Balaban J connectivity index is 6.68. The number of nitrogens with zero attached hydrogens (tertiary/aromatic N) is 1. The smallest absolute Gasteiger partial charge is 0.460 e. The number of rotatable bonds is 13. The molecule has 0 rings (SSSR count). The van der Waals surface area contributed by atoms with Crippen LogP contribution < -0.4 is 5.11 Å². The van der Waals surface area contributed by atoms with Crippen LogP contribution in [-0.4, -0.2) is 97.4 Å². The lowest BCUT2D eigenvalue weighted by Gasteiger charge is -2.44. The van der Waals surface area contributed by atoms with Crippen molar-refractivity contribution in [1.82, 2.24) is 0 Å². The fourth-order valence-electron chi connectivity index (χ4n) is 2.64. The highest BCUT2D eigenvalue weighted by Gasteiger charge is 2.97. The Kier molecular flexibility index (Phi) is 9.34. The highest BCUT2D eigenvalue weighted by Crippen LogP contribution is 2.65. The van der Waals surface area contributed by atoms with Crippen molar-refractivity contribution in [3.8, 4) is 0 Å². The number of alkyl halides is 20. The first kappa shape index (κ1) is 37.0. The van der Waals surface area contributed by atoms with Crippen LogP contribution in [0.15, 0.2) is 0 Å². The molecule has 0 aromatic heterocycles. The Morgan fingerprint density at radius 2 is 0.872 bits per heavy atom. The zero-order chi connectivity index (χ0) is 32.3. The Labute approximate surface area is 202 Å². The standard InChI is InChI=1S/C16H13F20NO2/c1-37(2,5-7(38)39)4-3-6(17)8(18,19)9(20,21)10(22,23)11(24,25)12(26,27)13(28,29)14(30,31)15(32,33)16(34,35)36/h6H,3-5H2,1-2H3. The second-order valence-corrected chi connectivity index (χ2v) is 8.59. The average Bonchev–Trinajstić information content (AvgIpc) is 2.68. The van der Waals surface area contributed by atoms with Crippen LogP contribution in [0.4, 0.5) is 87.8 Å². The number of halogens is 20. The van der Waals surface area contributed by atoms with E-state index in [1.165, 1.54) is 0 Å². The Morgan fingerprint density at radius 3 is 1.15 bits per heavy atom. The number of hydrogen-bond donors (Lipinski definition) is 0. The molecule has 0 aliphatic rings. The van der Waals surface area contributed by atoms with Gasteiger partial charge in [0, 0.05) is 6.42 Å². The van der Waals surface area contributed by atoms with E-state index in [-0.39, 0.29) is 0 Å². The molecule has 0 aliphatic heterocycles. The van der Waals surface area contributed by atoms with Crippen molar-refractivity contribution in [1.29, 1.82) is 0 Å². The van der Waals surface area contributed by atoms with Crippen molar-refractivity contribution in [2.45, 2.75) is 66.1 Å². The van der Waals surface area contributed by atoms with Gasteiger partial charge in [0.1, 0.15) is 6.54 Å². The molecule has 0 heterocycles. The van der Waals surface area contributed by atoms with Crippen LogP contribution in [0.25, 0.3) is 0 Å². The Bertz CT molecular complexity index is 893. The van der Waals surface area contributed by atoms with Gasteiger partial charge in [-0.2, -0.15) is 83.4 Å². The van der Waals surface area contributed by atoms with E-state index in [4.69, 9.17) is 0 Å². The van der Waals surface area contributed by atoms with Crippen molar-refractivity contribution < 1.29 is 102 Å². The molecular weight excluding hydrogens is 618 g/mol. The maximum absolute atomic E-state index is 13.8. The molecule has 0 spiro atoms. The third-order valence-electron chi connectivity index (χ3n) is 5.08. The van der Waals surface area contributed by atoms with E-state index in [9.17, 15) is 97.7 Å². The molecule has 39 heavy (non-hydrogen) atoms. The van der Waals surface area contributed by atoms with E-state index >= 15 is 0 Å². The van der Waals surface area contributed by atoms with Gasteiger partial charge in [-0.25, -0.2) is 4.39 Å². The van der Waals surface area contributed by atoms with Gasteiger partial charge >= 0.3 is 53.6 Å². The van der Waals surface area contributed by atoms with Gasteiger partial charge in [-0.15, -0.1) is 0 Å². The van der Waals surface area contributed by atoms with Crippen molar-refractivity contribution in [3.63, 3.8) is 0 Å². The van der Waals surface area contributed by atoms with Gasteiger partial charge in [0.05, 0.1) is 26.6 Å². The molecule has 0 saturated carbocycles. The normalized spacial score (nSPS) is 16.9. The third-order valence-corrected chi connectivity index (χ3v) is 5.08. The van der Waals surface area contributed by atoms with Crippen LogP contribution in [0.2, 0.25) is 0 Å². The number of aliphatic carboxylic acids is 1. The highest BCUT2D eigenvalue weighted by atomic mass is 19.4. The van der Waals surface area contributed by atoms with Gasteiger partial charge in [-0.1, -0.05) is 0 Å². The number of likely N-dealkylation sites (N-methyl/N-ethyl adjacent to an activating group) is 1. The van der Waals surface area contributed by atoms with E-state index < -0.39 is 89.7 Å². The first-order valence-corrected chi connectivity index (χ1v) is 9.29. The summed E-state index contributed by atoms with van der Waals surface area (Å²) in [5.74, 6) is -70.7. The van der Waals surface area contributed by atoms with Crippen molar-refractivity contribution in [2.75, 3.05) is 27.2 Å². The minimum atomic E-state index is -9.08. The topological polar surface area (TPSA) is 40.1 Å². The van der Waals surface area contributed by atoms with Gasteiger partial charge in [0.2, 0.25) is 0 Å². The molecule has 0 amide bonds. The SMILES string of the molecule is C[N+](C)(CCC(F)C(F)(F)C(F)(F)C(F)(F)C(F)(F)C(F)(F)C(F)(F)C(F)(F)C(F)(F)C(F)(F)F)CC(=O)[O-]. The van der Waals surface area contributed by atoms with E-state index in [1.807, 2.05) is 0 Å². The lowest BCUT2D eigenvalue weighted by Crippen LogP contribution is -2.76. The van der Waals surface area contributed by atoms with Crippen molar-refractivity contribution in [2.24, 2.45) is 0 Å². The molecule has 0 saturated heterocycles. The van der Waals surface area contributed by atoms with E-state index in [2.05, 4.69) is 0 Å². The Hall–Kier alpha value is -1.97. The molecular formula is C16H13F20NO2. The molecule has 0 N–H and O–H groups in total. The zero-order valence-corrected chi connectivity index (χ0v) is 18.5.